The Hall–Kier alpha value is -1.39. The summed E-state index contributed by atoms with van der Waals surface area (Å²) in [6.45, 7) is 2.02. The molecular weight excluding hydrogens is 216 g/mol. The minimum atomic E-state index is 0.0579. The van der Waals surface area contributed by atoms with Crippen LogP contribution in [0.15, 0.2) is 24.3 Å². The smallest absolute Gasteiger partial charge is 0.221 e. The molecule has 17 heavy (non-hydrogen) atoms. The first-order chi connectivity index (χ1) is 8.31. The zero-order valence-electron chi connectivity index (χ0n) is 10.0. The predicted molar refractivity (Wildman–Crippen MR) is 65.5 cm³/mol. The Morgan fingerprint density at radius 2 is 2.29 bits per heavy atom. The molecule has 1 aliphatic rings. The lowest BCUT2D eigenvalue weighted by atomic mass is 9.99. The lowest BCUT2D eigenvalue weighted by molar-refractivity contribution is -0.120. The number of hydrogen-bond acceptors (Lipinski definition) is 3. The van der Waals surface area contributed by atoms with E-state index in [1.54, 1.807) is 7.05 Å². The second-order valence-electron chi connectivity index (χ2n) is 4.14. The summed E-state index contributed by atoms with van der Waals surface area (Å²) in [5.74, 6) is 0.0579. The number of benzene rings is 1. The Morgan fingerprint density at radius 3 is 3.12 bits per heavy atom. The highest BCUT2D eigenvalue weighted by Gasteiger charge is 2.19. The van der Waals surface area contributed by atoms with E-state index >= 15 is 0 Å². The van der Waals surface area contributed by atoms with E-state index in [0.717, 1.165) is 0 Å². The summed E-state index contributed by atoms with van der Waals surface area (Å²) in [5, 5.41) is 5.97. The number of hydrogen-bond donors (Lipinski definition) is 2. The summed E-state index contributed by atoms with van der Waals surface area (Å²) in [7, 11) is 1.65. The number of rotatable bonds is 4. The van der Waals surface area contributed by atoms with E-state index in [0.29, 0.717) is 26.2 Å². The fourth-order valence-electron chi connectivity index (χ4n) is 2.04. The van der Waals surface area contributed by atoms with Gasteiger partial charge in [0.2, 0.25) is 5.91 Å². The van der Waals surface area contributed by atoms with Crippen LogP contribution in [-0.4, -0.2) is 26.1 Å². The molecule has 0 aliphatic carbocycles. The van der Waals surface area contributed by atoms with Crippen molar-refractivity contribution in [2.45, 2.75) is 19.1 Å². The first-order valence-electron chi connectivity index (χ1n) is 5.91. The van der Waals surface area contributed by atoms with Crippen LogP contribution >= 0.6 is 0 Å². The molecule has 1 aliphatic heterocycles. The Labute approximate surface area is 101 Å². The van der Waals surface area contributed by atoms with E-state index in [9.17, 15) is 4.79 Å². The molecule has 0 saturated carbocycles. The van der Waals surface area contributed by atoms with Crippen LogP contribution in [0.3, 0.4) is 0 Å². The van der Waals surface area contributed by atoms with Crippen LogP contribution in [0, 0.1) is 0 Å². The van der Waals surface area contributed by atoms with Gasteiger partial charge in [-0.05, 0) is 11.1 Å². The van der Waals surface area contributed by atoms with Crippen molar-refractivity contribution in [2.24, 2.45) is 0 Å². The molecule has 1 unspecified atom stereocenters. The Kier molecular flexibility index (Phi) is 4.12. The van der Waals surface area contributed by atoms with Crippen LogP contribution in [0.2, 0.25) is 0 Å². The van der Waals surface area contributed by atoms with Gasteiger partial charge in [-0.3, -0.25) is 4.79 Å². The third-order valence-electron chi connectivity index (χ3n) is 2.99. The summed E-state index contributed by atoms with van der Waals surface area (Å²) in [5.41, 5.74) is 2.52. The van der Waals surface area contributed by atoms with Crippen LogP contribution in [-0.2, 0) is 16.1 Å². The number of carbonyl (C=O) groups excluding carboxylic acids is 1. The van der Waals surface area contributed by atoms with Crippen LogP contribution in [0.4, 0.5) is 0 Å². The van der Waals surface area contributed by atoms with Gasteiger partial charge in [0.1, 0.15) is 0 Å². The van der Waals surface area contributed by atoms with Crippen molar-refractivity contribution in [3.05, 3.63) is 35.4 Å². The standard InChI is InChI=1S/C13H18N2O2/c1-14-13(16)6-7-15-12-9-17-8-10-4-2-3-5-11(10)12/h2-5,12,15H,6-9H2,1H3,(H,14,16). The normalized spacial score (nSPS) is 18.5. The van der Waals surface area contributed by atoms with Gasteiger partial charge in [0, 0.05) is 20.0 Å². The molecule has 0 aromatic heterocycles. The molecule has 0 bridgehead atoms. The SMILES string of the molecule is CNC(=O)CCNC1COCc2ccccc21. The number of carbonyl (C=O) groups is 1. The molecule has 1 aromatic rings. The number of nitrogens with one attached hydrogen (secondary N) is 2. The van der Waals surface area contributed by atoms with Gasteiger partial charge in [-0.25, -0.2) is 0 Å². The Morgan fingerprint density at radius 1 is 1.47 bits per heavy atom. The molecule has 1 aromatic carbocycles. The van der Waals surface area contributed by atoms with Gasteiger partial charge in [0.05, 0.1) is 19.3 Å². The number of fused-ring (bicyclic) bond motifs is 1. The topological polar surface area (TPSA) is 50.4 Å². The second kappa shape index (κ2) is 5.80. The first kappa shape index (κ1) is 12.1. The van der Waals surface area contributed by atoms with Crippen molar-refractivity contribution in [2.75, 3.05) is 20.2 Å². The van der Waals surface area contributed by atoms with Crippen molar-refractivity contribution in [1.29, 1.82) is 0 Å². The maximum Gasteiger partial charge on any atom is 0.221 e. The molecule has 4 nitrogen and oxygen atoms in total. The quantitative estimate of drug-likeness (QED) is 0.816. The molecule has 2 rings (SSSR count). The highest BCUT2D eigenvalue weighted by atomic mass is 16.5. The molecule has 92 valence electrons. The Balaban J connectivity index is 1.92. The maximum atomic E-state index is 11.1. The number of amides is 1. The monoisotopic (exact) mass is 234 g/mol. The minimum absolute atomic E-state index is 0.0579. The molecule has 1 atom stereocenters. The predicted octanol–water partition coefficient (Wildman–Crippen LogP) is 0.984. The molecule has 1 amide bonds. The van der Waals surface area contributed by atoms with E-state index in [2.05, 4.69) is 22.8 Å². The highest BCUT2D eigenvalue weighted by molar-refractivity contribution is 5.75. The lowest BCUT2D eigenvalue weighted by Crippen LogP contribution is -2.32. The number of ether oxygens (including phenoxy) is 1. The summed E-state index contributed by atoms with van der Waals surface area (Å²) < 4.78 is 5.53. The van der Waals surface area contributed by atoms with Crippen molar-refractivity contribution in [3.63, 3.8) is 0 Å². The largest absolute Gasteiger partial charge is 0.375 e. The van der Waals surface area contributed by atoms with Gasteiger partial charge in [-0.15, -0.1) is 0 Å². The lowest BCUT2D eigenvalue weighted by Gasteiger charge is -2.26. The molecule has 0 fully saturated rings. The summed E-state index contributed by atoms with van der Waals surface area (Å²) in [6.07, 6.45) is 0.495. The molecule has 0 radical (unpaired) electrons. The van der Waals surface area contributed by atoms with E-state index in [1.165, 1.54) is 11.1 Å². The average molecular weight is 234 g/mol. The van der Waals surface area contributed by atoms with Crippen LogP contribution < -0.4 is 10.6 Å². The van der Waals surface area contributed by atoms with Gasteiger partial charge in [-0.2, -0.15) is 0 Å². The van der Waals surface area contributed by atoms with Gasteiger partial charge in [-0.1, -0.05) is 24.3 Å². The second-order valence-corrected chi connectivity index (χ2v) is 4.14. The third-order valence-corrected chi connectivity index (χ3v) is 2.99. The highest BCUT2D eigenvalue weighted by Crippen LogP contribution is 2.24. The van der Waals surface area contributed by atoms with E-state index in [-0.39, 0.29) is 11.9 Å². The van der Waals surface area contributed by atoms with Gasteiger partial charge < -0.3 is 15.4 Å². The molecule has 2 N–H and O–H groups in total. The van der Waals surface area contributed by atoms with E-state index < -0.39 is 0 Å². The van der Waals surface area contributed by atoms with Crippen LogP contribution in [0.25, 0.3) is 0 Å². The summed E-state index contributed by atoms with van der Waals surface area (Å²) >= 11 is 0. The van der Waals surface area contributed by atoms with Crippen molar-refractivity contribution in [1.82, 2.24) is 10.6 Å². The first-order valence-corrected chi connectivity index (χ1v) is 5.91. The van der Waals surface area contributed by atoms with Crippen molar-refractivity contribution >= 4 is 5.91 Å². The molecule has 0 spiro atoms. The fourth-order valence-corrected chi connectivity index (χ4v) is 2.04. The molecule has 1 heterocycles. The van der Waals surface area contributed by atoms with Crippen LogP contribution in [0.5, 0.6) is 0 Å². The van der Waals surface area contributed by atoms with E-state index in [1.807, 2.05) is 12.1 Å². The van der Waals surface area contributed by atoms with Gasteiger partial charge >= 0.3 is 0 Å². The van der Waals surface area contributed by atoms with Crippen LogP contribution in [0.1, 0.15) is 23.6 Å². The summed E-state index contributed by atoms with van der Waals surface area (Å²) in [4.78, 5) is 11.1. The molecule has 0 saturated heterocycles. The zero-order chi connectivity index (χ0) is 12.1. The maximum absolute atomic E-state index is 11.1. The van der Waals surface area contributed by atoms with Gasteiger partial charge in [0.25, 0.3) is 0 Å². The third kappa shape index (κ3) is 3.05. The average Bonchev–Trinajstić information content (AvgIpc) is 2.39. The fraction of sp³-hybridized carbons (Fsp3) is 0.462. The molecule has 4 heteroatoms. The minimum Gasteiger partial charge on any atom is -0.375 e. The van der Waals surface area contributed by atoms with Gasteiger partial charge in [0.15, 0.2) is 0 Å². The molecular formula is C13H18N2O2. The Bertz CT molecular complexity index is 393. The summed E-state index contributed by atoms with van der Waals surface area (Å²) in [6, 6.07) is 8.47. The zero-order valence-corrected chi connectivity index (χ0v) is 10.0. The van der Waals surface area contributed by atoms with Crippen molar-refractivity contribution < 1.29 is 9.53 Å². The van der Waals surface area contributed by atoms with Crippen molar-refractivity contribution in [3.8, 4) is 0 Å². The van der Waals surface area contributed by atoms with E-state index in [4.69, 9.17) is 4.74 Å².